The highest BCUT2D eigenvalue weighted by molar-refractivity contribution is 5.94. The fraction of sp³-hybridized carbons (Fsp3) is 0.250. The Morgan fingerprint density at radius 3 is 2.56 bits per heavy atom. The fourth-order valence-electron chi connectivity index (χ4n) is 3.37. The first-order valence-corrected chi connectivity index (χ1v) is 10.3. The number of nitrogens with one attached hydrogen (secondary N) is 1. The molecular formula is C24H22F2N4O2. The highest BCUT2D eigenvalue weighted by Gasteiger charge is 2.27. The molecule has 6 nitrogen and oxygen atoms in total. The number of carbonyl (C=O) groups excluding carboxylic acids is 2. The van der Waals surface area contributed by atoms with Gasteiger partial charge in [-0.15, -0.1) is 0 Å². The molecule has 0 atom stereocenters. The van der Waals surface area contributed by atoms with Crippen LogP contribution in [0.2, 0.25) is 0 Å². The molecule has 0 bridgehead atoms. The molecule has 32 heavy (non-hydrogen) atoms. The van der Waals surface area contributed by atoms with Gasteiger partial charge in [-0.3, -0.25) is 14.6 Å². The normalized spacial score (nSPS) is 13.0. The third-order valence-electron chi connectivity index (χ3n) is 5.35. The molecule has 3 aromatic rings. The number of carbonyl (C=O) groups is 2. The molecule has 2 aromatic heterocycles. The Morgan fingerprint density at radius 2 is 1.94 bits per heavy atom. The van der Waals surface area contributed by atoms with Crippen LogP contribution in [0, 0.1) is 17.7 Å². The molecule has 0 spiro atoms. The summed E-state index contributed by atoms with van der Waals surface area (Å²) in [7, 11) is 0. The fourth-order valence-corrected chi connectivity index (χ4v) is 3.37. The maximum atomic E-state index is 14.8. The topological polar surface area (TPSA) is 75.2 Å². The van der Waals surface area contributed by atoms with Crippen LogP contribution in [-0.4, -0.2) is 28.3 Å². The Kier molecular flexibility index (Phi) is 6.20. The lowest BCUT2D eigenvalue weighted by atomic mass is 10.1. The van der Waals surface area contributed by atoms with Gasteiger partial charge in [0.1, 0.15) is 5.82 Å². The average Bonchev–Trinajstić information content (AvgIpc) is 3.61. The van der Waals surface area contributed by atoms with Crippen LogP contribution in [0.1, 0.15) is 35.7 Å². The van der Waals surface area contributed by atoms with E-state index in [1.165, 1.54) is 30.3 Å². The Hall–Kier alpha value is -3.68. The minimum Gasteiger partial charge on any atom is -0.348 e. The molecule has 1 saturated carbocycles. The molecule has 8 heteroatoms. The number of amides is 2. The van der Waals surface area contributed by atoms with Gasteiger partial charge in [0.05, 0.1) is 16.9 Å². The Balaban J connectivity index is 1.45. The Bertz CT molecular complexity index is 1150. The van der Waals surface area contributed by atoms with Gasteiger partial charge in [-0.05, 0) is 49.1 Å². The molecule has 1 N–H and O–H groups in total. The standard InChI is InChI=1S/C24H22F2N4O2/c1-15(31)30(14-16-4-5-16)22-9-7-17(11-20(22)25)21-8-6-19(13-28-21)24(32)29-12-18-3-2-10-27-23(18)26/h2-3,6-11,13,16H,4-5,12,14H2,1H3,(H,29,32). The van der Waals surface area contributed by atoms with Gasteiger partial charge >= 0.3 is 0 Å². The largest absolute Gasteiger partial charge is 0.348 e. The average molecular weight is 436 g/mol. The summed E-state index contributed by atoms with van der Waals surface area (Å²) in [6.07, 6.45) is 4.84. The maximum Gasteiger partial charge on any atom is 0.253 e. The van der Waals surface area contributed by atoms with Crippen molar-refractivity contribution in [1.29, 1.82) is 0 Å². The lowest BCUT2D eigenvalue weighted by Crippen LogP contribution is -2.31. The van der Waals surface area contributed by atoms with Crippen molar-refractivity contribution >= 4 is 17.5 Å². The zero-order valence-corrected chi connectivity index (χ0v) is 17.5. The molecule has 1 aliphatic carbocycles. The van der Waals surface area contributed by atoms with Gasteiger partial charge in [-0.2, -0.15) is 4.39 Å². The molecule has 0 unspecified atom stereocenters. The lowest BCUT2D eigenvalue weighted by Gasteiger charge is -2.22. The molecule has 1 aliphatic rings. The molecule has 164 valence electrons. The summed E-state index contributed by atoms with van der Waals surface area (Å²) in [4.78, 5) is 33.6. The summed E-state index contributed by atoms with van der Waals surface area (Å²) >= 11 is 0. The SMILES string of the molecule is CC(=O)N(CC1CC1)c1ccc(-c2ccc(C(=O)NCc3cccnc3F)cn2)cc1F. The number of halogens is 2. The van der Waals surface area contributed by atoms with Crippen molar-refractivity contribution < 1.29 is 18.4 Å². The summed E-state index contributed by atoms with van der Waals surface area (Å²) in [6, 6.07) is 10.9. The molecule has 2 heterocycles. The van der Waals surface area contributed by atoms with Crippen molar-refractivity contribution in [2.75, 3.05) is 11.4 Å². The van der Waals surface area contributed by atoms with Crippen LogP contribution in [0.15, 0.2) is 54.9 Å². The highest BCUT2D eigenvalue weighted by atomic mass is 19.1. The smallest absolute Gasteiger partial charge is 0.253 e. The van der Waals surface area contributed by atoms with Gasteiger partial charge in [-0.25, -0.2) is 9.37 Å². The van der Waals surface area contributed by atoms with Crippen LogP contribution < -0.4 is 10.2 Å². The number of anilines is 1. The summed E-state index contributed by atoms with van der Waals surface area (Å²) in [5.41, 5.74) is 1.85. The molecule has 0 saturated heterocycles. The van der Waals surface area contributed by atoms with Gasteiger partial charge in [0.25, 0.3) is 5.91 Å². The third-order valence-corrected chi connectivity index (χ3v) is 5.35. The van der Waals surface area contributed by atoms with Crippen LogP contribution in [-0.2, 0) is 11.3 Å². The van der Waals surface area contributed by atoms with Gasteiger partial charge in [0.2, 0.25) is 11.9 Å². The lowest BCUT2D eigenvalue weighted by molar-refractivity contribution is -0.116. The van der Waals surface area contributed by atoms with Crippen LogP contribution >= 0.6 is 0 Å². The number of rotatable bonds is 7. The number of aromatic nitrogens is 2. The zero-order valence-electron chi connectivity index (χ0n) is 17.5. The van der Waals surface area contributed by atoms with Gasteiger partial charge in [0, 0.05) is 43.5 Å². The van der Waals surface area contributed by atoms with Crippen LogP contribution in [0.3, 0.4) is 0 Å². The maximum absolute atomic E-state index is 14.8. The number of hydrogen-bond donors (Lipinski definition) is 1. The van der Waals surface area contributed by atoms with Crippen molar-refractivity contribution in [1.82, 2.24) is 15.3 Å². The molecule has 2 amide bonds. The third kappa shape index (κ3) is 4.96. The molecule has 0 radical (unpaired) electrons. The quantitative estimate of drug-likeness (QED) is 0.566. The minimum absolute atomic E-state index is 0.000434. The second-order valence-electron chi connectivity index (χ2n) is 7.81. The van der Waals surface area contributed by atoms with Crippen molar-refractivity contribution in [2.24, 2.45) is 5.92 Å². The van der Waals surface area contributed by atoms with Crippen molar-refractivity contribution in [3.63, 3.8) is 0 Å². The Morgan fingerprint density at radius 1 is 1.12 bits per heavy atom. The van der Waals surface area contributed by atoms with Crippen LogP contribution in [0.5, 0.6) is 0 Å². The van der Waals surface area contributed by atoms with E-state index in [9.17, 15) is 18.4 Å². The number of nitrogens with zero attached hydrogens (tertiary/aromatic N) is 3. The van der Waals surface area contributed by atoms with Crippen molar-refractivity contribution in [2.45, 2.75) is 26.3 Å². The van der Waals surface area contributed by atoms with Gasteiger partial charge in [-0.1, -0.05) is 12.1 Å². The summed E-state index contributed by atoms with van der Waals surface area (Å²) in [6.45, 7) is 1.96. The minimum atomic E-state index is -0.632. The monoisotopic (exact) mass is 436 g/mol. The van der Waals surface area contributed by atoms with E-state index in [1.54, 1.807) is 36.4 Å². The van der Waals surface area contributed by atoms with E-state index < -0.39 is 17.7 Å². The summed E-state index contributed by atoms with van der Waals surface area (Å²) in [5, 5.41) is 2.62. The second-order valence-corrected chi connectivity index (χ2v) is 7.81. The van der Waals surface area contributed by atoms with Crippen LogP contribution in [0.4, 0.5) is 14.5 Å². The van der Waals surface area contributed by atoms with Gasteiger partial charge < -0.3 is 10.2 Å². The molecule has 4 rings (SSSR count). The summed E-state index contributed by atoms with van der Waals surface area (Å²) < 4.78 is 28.4. The van der Waals surface area contributed by atoms with E-state index in [0.29, 0.717) is 29.3 Å². The van der Waals surface area contributed by atoms with Crippen molar-refractivity contribution in [3.05, 3.63) is 77.8 Å². The molecule has 0 aliphatic heterocycles. The molecular weight excluding hydrogens is 414 g/mol. The second kappa shape index (κ2) is 9.21. The highest BCUT2D eigenvalue weighted by Crippen LogP contribution is 2.33. The van der Waals surface area contributed by atoms with E-state index in [1.807, 2.05) is 0 Å². The number of benzene rings is 1. The van der Waals surface area contributed by atoms with E-state index in [2.05, 4.69) is 15.3 Å². The van der Waals surface area contributed by atoms with E-state index in [4.69, 9.17) is 0 Å². The zero-order chi connectivity index (χ0) is 22.7. The predicted octanol–water partition coefficient (Wildman–Crippen LogP) is 4.11. The summed E-state index contributed by atoms with van der Waals surface area (Å²) in [5.74, 6) is -1.30. The van der Waals surface area contributed by atoms with E-state index in [-0.39, 0.29) is 23.7 Å². The van der Waals surface area contributed by atoms with E-state index >= 15 is 0 Å². The van der Waals surface area contributed by atoms with E-state index in [0.717, 1.165) is 12.8 Å². The van der Waals surface area contributed by atoms with Gasteiger partial charge in [0.15, 0.2) is 0 Å². The first-order chi connectivity index (χ1) is 15.4. The Labute approximate surface area is 184 Å². The predicted molar refractivity (Wildman–Crippen MR) is 116 cm³/mol. The number of pyridine rings is 2. The molecule has 1 aromatic carbocycles. The number of hydrogen-bond acceptors (Lipinski definition) is 4. The first kappa shape index (κ1) is 21.5. The van der Waals surface area contributed by atoms with Crippen LogP contribution in [0.25, 0.3) is 11.3 Å². The van der Waals surface area contributed by atoms with Crippen molar-refractivity contribution in [3.8, 4) is 11.3 Å². The first-order valence-electron chi connectivity index (χ1n) is 10.3. The molecule has 1 fully saturated rings.